The van der Waals surface area contributed by atoms with Gasteiger partial charge in [0.2, 0.25) is 0 Å². The molecular weight excluding hydrogens is 404 g/mol. The average molecular weight is 433 g/mol. The van der Waals surface area contributed by atoms with Crippen LogP contribution in [0.3, 0.4) is 0 Å². The van der Waals surface area contributed by atoms with Crippen LogP contribution in [0.4, 0.5) is 21.9 Å². The maximum Gasteiger partial charge on any atom is 0.323 e. The van der Waals surface area contributed by atoms with Gasteiger partial charge in [0.1, 0.15) is 5.75 Å². The fraction of sp³-hybridized carbons (Fsp3) is 0.200. The monoisotopic (exact) mass is 432 g/mol. The molecule has 0 heterocycles. The maximum absolute atomic E-state index is 12.9. The van der Waals surface area contributed by atoms with E-state index in [1.807, 2.05) is 55.4 Å². The van der Waals surface area contributed by atoms with Crippen molar-refractivity contribution in [3.05, 3.63) is 83.9 Å². The van der Waals surface area contributed by atoms with Gasteiger partial charge in [-0.05, 0) is 42.3 Å². The minimum Gasteiger partial charge on any atom is -0.497 e. The number of urea groups is 1. The van der Waals surface area contributed by atoms with Gasteiger partial charge in [0, 0.05) is 43.8 Å². The van der Waals surface area contributed by atoms with Crippen LogP contribution in [0.15, 0.2) is 72.8 Å². The fourth-order valence-electron chi connectivity index (χ4n) is 3.24. The Balaban J connectivity index is 1.67. The normalized spacial score (nSPS) is 10.2. The zero-order valence-corrected chi connectivity index (χ0v) is 18.5. The van der Waals surface area contributed by atoms with E-state index in [-0.39, 0.29) is 5.91 Å². The molecule has 3 aromatic rings. The molecule has 0 bridgehead atoms. The molecule has 0 fully saturated rings. The summed E-state index contributed by atoms with van der Waals surface area (Å²) in [6.07, 6.45) is 0.741. The van der Waals surface area contributed by atoms with Crippen LogP contribution in [0.1, 0.15) is 15.9 Å². The van der Waals surface area contributed by atoms with Crippen LogP contribution in [0.25, 0.3) is 0 Å². The molecule has 0 aliphatic heterocycles. The summed E-state index contributed by atoms with van der Waals surface area (Å²) < 4.78 is 5.17. The van der Waals surface area contributed by atoms with Gasteiger partial charge in [0.25, 0.3) is 5.91 Å². The van der Waals surface area contributed by atoms with Crippen LogP contribution < -0.4 is 25.6 Å². The highest BCUT2D eigenvalue weighted by atomic mass is 16.5. The Labute approximate surface area is 188 Å². The molecule has 3 amide bonds. The lowest BCUT2D eigenvalue weighted by atomic mass is 10.1. The second kappa shape index (κ2) is 10.9. The molecular formula is C25H28N4O3. The number of carbonyl (C=O) groups excluding carboxylic acids is 2. The van der Waals surface area contributed by atoms with Crippen molar-refractivity contribution < 1.29 is 14.3 Å². The van der Waals surface area contributed by atoms with Crippen LogP contribution >= 0.6 is 0 Å². The largest absolute Gasteiger partial charge is 0.497 e. The topological polar surface area (TPSA) is 82.7 Å². The van der Waals surface area contributed by atoms with Gasteiger partial charge in [0.15, 0.2) is 0 Å². The zero-order valence-electron chi connectivity index (χ0n) is 18.5. The molecule has 3 aromatic carbocycles. The Bertz CT molecular complexity index is 1070. The highest BCUT2D eigenvalue weighted by molar-refractivity contribution is 6.04. The Kier molecular flexibility index (Phi) is 7.70. The van der Waals surface area contributed by atoms with Crippen molar-refractivity contribution in [1.82, 2.24) is 5.32 Å². The summed E-state index contributed by atoms with van der Waals surface area (Å²) in [7, 11) is 5.31. The molecule has 0 spiro atoms. The third-order valence-electron chi connectivity index (χ3n) is 4.85. The van der Waals surface area contributed by atoms with Gasteiger partial charge in [-0.25, -0.2) is 4.79 Å². The molecule has 3 rings (SSSR count). The number of rotatable bonds is 8. The smallest absolute Gasteiger partial charge is 0.323 e. The lowest BCUT2D eigenvalue weighted by Crippen LogP contribution is -2.28. The van der Waals surface area contributed by atoms with E-state index < -0.39 is 6.03 Å². The van der Waals surface area contributed by atoms with Gasteiger partial charge in [-0.2, -0.15) is 0 Å². The molecule has 0 aromatic heterocycles. The van der Waals surface area contributed by atoms with Crippen molar-refractivity contribution in [2.75, 3.05) is 43.3 Å². The summed E-state index contributed by atoms with van der Waals surface area (Å²) in [6, 6.07) is 21.9. The minimum absolute atomic E-state index is 0.193. The molecule has 0 aliphatic rings. The molecule has 0 atom stereocenters. The highest BCUT2D eigenvalue weighted by Crippen LogP contribution is 2.23. The van der Waals surface area contributed by atoms with E-state index in [0.29, 0.717) is 29.2 Å². The van der Waals surface area contributed by atoms with E-state index in [0.717, 1.165) is 17.7 Å². The predicted octanol–water partition coefficient (Wildman–Crippen LogP) is 4.38. The summed E-state index contributed by atoms with van der Waals surface area (Å²) in [6.45, 7) is 0.518. The summed E-state index contributed by atoms with van der Waals surface area (Å²) in [5.41, 5.74) is 3.53. The summed E-state index contributed by atoms with van der Waals surface area (Å²) >= 11 is 0. The number of anilines is 3. The Morgan fingerprint density at radius 2 is 1.59 bits per heavy atom. The van der Waals surface area contributed by atoms with Crippen LogP contribution in [-0.4, -0.2) is 39.7 Å². The Morgan fingerprint density at radius 1 is 0.875 bits per heavy atom. The molecule has 0 unspecified atom stereocenters. The van der Waals surface area contributed by atoms with Gasteiger partial charge in [-0.3, -0.25) is 4.79 Å². The number of methoxy groups -OCH3 is 1. The first-order valence-corrected chi connectivity index (χ1v) is 10.3. The lowest BCUT2D eigenvalue weighted by molar-refractivity contribution is 0.0954. The first-order chi connectivity index (χ1) is 15.5. The summed E-state index contributed by atoms with van der Waals surface area (Å²) in [5, 5.41) is 8.51. The van der Waals surface area contributed by atoms with Gasteiger partial charge in [-0.1, -0.05) is 36.4 Å². The predicted molar refractivity (Wildman–Crippen MR) is 129 cm³/mol. The summed E-state index contributed by atoms with van der Waals surface area (Å²) in [5.74, 6) is 0.453. The number of hydrogen-bond donors (Lipinski definition) is 3. The van der Waals surface area contributed by atoms with E-state index in [1.54, 1.807) is 43.5 Å². The maximum atomic E-state index is 12.9. The molecule has 7 nitrogen and oxygen atoms in total. The molecule has 3 N–H and O–H groups in total. The number of amides is 3. The SMILES string of the molecule is COc1cccc(NC(=O)Nc2ccc(N(C)C)c(C(=O)NCCc3ccccc3)c2)c1. The number of hydrogen-bond acceptors (Lipinski definition) is 4. The van der Waals surface area contributed by atoms with Crippen LogP contribution in [0, 0.1) is 0 Å². The summed E-state index contributed by atoms with van der Waals surface area (Å²) in [4.78, 5) is 27.2. The Morgan fingerprint density at radius 3 is 2.28 bits per heavy atom. The van der Waals surface area contributed by atoms with Crippen molar-refractivity contribution in [1.29, 1.82) is 0 Å². The third-order valence-corrected chi connectivity index (χ3v) is 4.85. The van der Waals surface area contributed by atoms with E-state index in [4.69, 9.17) is 4.74 Å². The molecule has 7 heteroatoms. The van der Waals surface area contributed by atoms with Crippen molar-refractivity contribution in [3.8, 4) is 5.75 Å². The van der Waals surface area contributed by atoms with Gasteiger partial charge >= 0.3 is 6.03 Å². The number of benzene rings is 3. The van der Waals surface area contributed by atoms with Crippen LogP contribution in [0.2, 0.25) is 0 Å². The number of nitrogens with zero attached hydrogens (tertiary/aromatic N) is 1. The van der Waals surface area contributed by atoms with Crippen molar-refractivity contribution in [2.45, 2.75) is 6.42 Å². The third kappa shape index (κ3) is 6.25. The molecule has 32 heavy (non-hydrogen) atoms. The number of carbonyl (C=O) groups is 2. The van der Waals surface area contributed by atoms with E-state index >= 15 is 0 Å². The first-order valence-electron chi connectivity index (χ1n) is 10.3. The van der Waals surface area contributed by atoms with Gasteiger partial charge in [-0.15, -0.1) is 0 Å². The van der Waals surface area contributed by atoms with Crippen molar-refractivity contribution in [3.63, 3.8) is 0 Å². The lowest BCUT2D eigenvalue weighted by Gasteiger charge is -2.19. The fourth-order valence-corrected chi connectivity index (χ4v) is 3.24. The van der Waals surface area contributed by atoms with Crippen molar-refractivity contribution in [2.24, 2.45) is 0 Å². The van der Waals surface area contributed by atoms with Crippen LogP contribution in [0.5, 0.6) is 5.75 Å². The van der Waals surface area contributed by atoms with Crippen LogP contribution in [-0.2, 0) is 6.42 Å². The van der Waals surface area contributed by atoms with Crippen molar-refractivity contribution >= 4 is 29.0 Å². The molecule has 0 saturated heterocycles. The van der Waals surface area contributed by atoms with Gasteiger partial charge in [0.05, 0.1) is 12.7 Å². The second-order valence-corrected chi connectivity index (χ2v) is 7.43. The Hall–Kier alpha value is -4.00. The van der Waals surface area contributed by atoms with E-state index in [1.165, 1.54) is 0 Å². The molecule has 166 valence electrons. The van der Waals surface area contributed by atoms with Gasteiger partial charge < -0.3 is 25.6 Å². The van der Waals surface area contributed by atoms with E-state index in [2.05, 4.69) is 16.0 Å². The molecule has 0 aliphatic carbocycles. The highest BCUT2D eigenvalue weighted by Gasteiger charge is 2.15. The number of ether oxygens (including phenoxy) is 1. The second-order valence-electron chi connectivity index (χ2n) is 7.43. The first kappa shape index (κ1) is 22.7. The quantitative estimate of drug-likeness (QED) is 0.493. The minimum atomic E-state index is -0.411. The number of nitrogens with one attached hydrogen (secondary N) is 3. The van der Waals surface area contributed by atoms with E-state index in [9.17, 15) is 9.59 Å². The standard InChI is InChI=1S/C25H28N4O3/c1-29(2)23-13-12-20(28-25(31)27-19-10-7-11-21(16-19)32-3)17-22(23)24(30)26-15-14-18-8-5-4-6-9-18/h4-13,16-17H,14-15H2,1-3H3,(H,26,30)(H2,27,28,31). The molecule has 0 saturated carbocycles. The average Bonchev–Trinajstić information content (AvgIpc) is 2.79. The zero-order chi connectivity index (χ0) is 22.9. The molecule has 0 radical (unpaired) electrons.